The van der Waals surface area contributed by atoms with Gasteiger partial charge >= 0.3 is 0 Å². The standard InChI is InChI=1S/C13H11N3O2/c1-18-13-3-2-10(9-17)6-12(13)11-7-15-16(8-11)5-4-14/h2-3,6-9H,5H2,1H3. The molecule has 90 valence electrons. The van der Waals surface area contributed by atoms with Gasteiger partial charge in [0.1, 0.15) is 18.6 Å². The van der Waals surface area contributed by atoms with E-state index in [2.05, 4.69) is 5.10 Å². The molecule has 0 aliphatic rings. The third-order valence-corrected chi connectivity index (χ3v) is 2.54. The highest BCUT2D eigenvalue weighted by molar-refractivity contribution is 5.81. The van der Waals surface area contributed by atoms with Gasteiger partial charge in [0.25, 0.3) is 0 Å². The van der Waals surface area contributed by atoms with Crippen molar-refractivity contribution in [3.8, 4) is 22.9 Å². The molecule has 0 amide bonds. The van der Waals surface area contributed by atoms with Gasteiger partial charge in [-0.2, -0.15) is 10.4 Å². The van der Waals surface area contributed by atoms with Gasteiger partial charge in [0.15, 0.2) is 0 Å². The second-order valence-corrected chi connectivity index (χ2v) is 3.66. The third kappa shape index (κ3) is 2.23. The molecule has 1 heterocycles. The first-order valence-corrected chi connectivity index (χ1v) is 5.31. The van der Waals surface area contributed by atoms with E-state index < -0.39 is 0 Å². The maximum atomic E-state index is 10.8. The fourth-order valence-corrected chi connectivity index (χ4v) is 1.69. The van der Waals surface area contributed by atoms with Gasteiger partial charge in [-0.1, -0.05) is 0 Å². The Morgan fingerprint density at radius 1 is 1.56 bits per heavy atom. The van der Waals surface area contributed by atoms with E-state index in [9.17, 15) is 4.79 Å². The van der Waals surface area contributed by atoms with E-state index in [4.69, 9.17) is 10.00 Å². The summed E-state index contributed by atoms with van der Waals surface area (Å²) in [5.74, 6) is 0.664. The van der Waals surface area contributed by atoms with Crippen molar-refractivity contribution in [2.24, 2.45) is 0 Å². The Hall–Kier alpha value is -2.61. The van der Waals surface area contributed by atoms with Crippen molar-refractivity contribution >= 4 is 6.29 Å². The molecular weight excluding hydrogens is 230 g/mol. The summed E-state index contributed by atoms with van der Waals surface area (Å²) in [7, 11) is 1.57. The first-order chi connectivity index (χ1) is 8.78. The van der Waals surface area contributed by atoms with Gasteiger partial charge < -0.3 is 4.74 Å². The number of benzene rings is 1. The van der Waals surface area contributed by atoms with Crippen molar-refractivity contribution in [1.29, 1.82) is 5.26 Å². The van der Waals surface area contributed by atoms with Gasteiger partial charge in [-0.25, -0.2) is 0 Å². The highest BCUT2D eigenvalue weighted by Gasteiger charge is 2.09. The molecule has 0 spiro atoms. The number of rotatable bonds is 4. The average molecular weight is 241 g/mol. The van der Waals surface area contributed by atoms with Gasteiger partial charge in [-0.15, -0.1) is 0 Å². The fourth-order valence-electron chi connectivity index (χ4n) is 1.69. The van der Waals surface area contributed by atoms with Gasteiger partial charge in [0.05, 0.1) is 19.4 Å². The normalized spacial score (nSPS) is 9.78. The van der Waals surface area contributed by atoms with Gasteiger partial charge in [-0.05, 0) is 18.2 Å². The number of nitrogens with zero attached hydrogens (tertiary/aromatic N) is 3. The Labute approximate surface area is 104 Å². The zero-order chi connectivity index (χ0) is 13.0. The van der Waals surface area contributed by atoms with E-state index in [1.807, 2.05) is 6.07 Å². The Morgan fingerprint density at radius 2 is 2.39 bits per heavy atom. The van der Waals surface area contributed by atoms with Crippen molar-refractivity contribution in [2.45, 2.75) is 6.54 Å². The van der Waals surface area contributed by atoms with Crippen molar-refractivity contribution in [2.75, 3.05) is 7.11 Å². The summed E-state index contributed by atoms with van der Waals surface area (Å²) in [6.07, 6.45) is 4.17. The minimum absolute atomic E-state index is 0.190. The van der Waals surface area contributed by atoms with Crippen LogP contribution < -0.4 is 4.74 Å². The Morgan fingerprint density at radius 3 is 3.06 bits per heavy atom. The van der Waals surface area contributed by atoms with Gasteiger partial charge in [0.2, 0.25) is 0 Å². The number of hydrogen-bond donors (Lipinski definition) is 0. The quantitative estimate of drug-likeness (QED) is 0.766. The molecule has 2 aromatic rings. The van der Waals surface area contributed by atoms with E-state index in [1.54, 1.807) is 37.7 Å². The summed E-state index contributed by atoms with van der Waals surface area (Å²) in [6.45, 7) is 0.190. The van der Waals surface area contributed by atoms with Crippen LogP contribution in [0.3, 0.4) is 0 Å². The first-order valence-electron chi connectivity index (χ1n) is 5.31. The van der Waals surface area contributed by atoms with E-state index in [0.717, 1.165) is 17.4 Å². The van der Waals surface area contributed by atoms with E-state index >= 15 is 0 Å². The topological polar surface area (TPSA) is 67.9 Å². The maximum absolute atomic E-state index is 10.8. The number of carbonyl (C=O) groups excluding carboxylic acids is 1. The molecule has 0 unspecified atom stereocenters. The second kappa shape index (κ2) is 5.15. The molecule has 0 saturated carbocycles. The number of nitriles is 1. The average Bonchev–Trinajstić information content (AvgIpc) is 2.87. The summed E-state index contributed by atoms with van der Waals surface area (Å²) in [5.41, 5.74) is 2.16. The zero-order valence-electron chi connectivity index (χ0n) is 9.83. The molecule has 2 rings (SSSR count). The molecule has 0 atom stereocenters. The van der Waals surface area contributed by atoms with Gasteiger partial charge in [-0.3, -0.25) is 9.48 Å². The van der Waals surface area contributed by atoms with Crippen molar-refractivity contribution in [3.05, 3.63) is 36.2 Å². The lowest BCUT2D eigenvalue weighted by atomic mass is 10.1. The number of methoxy groups -OCH3 is 1. The van der Waals surface area contributed by atoms with Crippen molar-refractivity contribution < 1.29 is 9.53 Å². The first kappa shape index (κ1) is 11.9. The van der Waals surface area contributed by atoms with Crippen LogP contribution in [0.1, 0.15) is 10.4 Å². The number of aldehydes is 1. The van der Waals surface area contributed by atoms with Crippen LogP contribution >= 0.6 is 0 Å². The molecule has 0 bridgehead atoms. The van der Waals surface area contributed by atoms with Crippen LogP contribution in [-0.4, -0.2) is 23.2 Å². The van der Waals surface area contributed by atoms with Crippen LogP contribution in [0.25, 0.3) is 11.1 Å². The minimum Gasteiger partial charge on any atom is -0.496 e. The predicted molar refractivity (Wildman–Crippen MR) is 65.2 cm³/mol. The smallest absolute Gasteiger partial charge is 0.150 e. The highest BCUT2D eigenvalue weighted by Crippen LogP contribution is 2.30. The van der Waals surface area contributed by atoms with Crippen LogP contribution in [0.5, 0.6) is 5.75 Å². The van der Waals surface area contributed by atoms with Crippen LogP contribution in [0.15, 0.2) is 30.6 Å². The molecule has 0 fully saturated rings. The molecule has 0 aliphatic heterocycles. The van der Waals surface area contributed by atoms with E-state index in [1.165, 1.54) is 4.68 Å². The molecule has 18 heavy (non-hydrogen) atoms. The van der Waals surface area contributed by atoms with Gasteiger partial charge in [0, 0.05) is 22.9 Å². The second-order valence-electron chi connectivity index (χ2n) is 3.66. The third-order valence-electron chi connectivity index (χ3n) is 2.54. The van der Waals surface area contributed by atoms with Crippen LogP contribution in [0, 0.1) is 11.3 Å². The summed E-state index contributed by atoms with van der Waals surface area (Å²) < 4.78 is 6.78. The SMILES string of the molecule is COc1ccc(C=O)cc1-c1cnn(CC#N)c1. The molecule has 5 nitrogen and oxygen atoms in total. The lowest BCUT2D eigenvalue weighted by Gasteiger charge is -2.06. The fraction of sp³-hybridized carbons (Fsp3) is 0.154. The van der Waals surface area contributed by atoms with Crippen molar-refractivity contribution in [3.63, 3.8) is 0 Å². The monoisotopic (exact) mass is 241 g/mol. The summed E-state index contributed by atoms with van der Waals surface area (Å²) in [4.78, 5) is 10.8. The molecule has 0 N–H and O–H groups in total. The Bertz CT molecular complexity index is 611. The lowest BCUT2D eigenvalue weighted by Crippen LogP contribution is -1.94. The summed E-state index contributed by atoms with van der Waals surface area (Å²) >= 11 is 0. The van der Waals surface area contributed by atoms with Crippen molar-refractivity contribution in [1.82, 2.24) is 9.78 Å². The molecule has 1 aromatic heterocycles. The predicted octanol–water partition coefficient (Wildman–Crippen LogP) is 1.89. The Kier molecular flexibility index (Phi) is 3.39. The number of ether oxygens (including phenoxy) is 1. The maximum Gasteiger partial charge on any atom is 0.150 e. The van der Waals surface area contributed by atoms with Crippen LogP contribution in [-0.2, 0) is 6.54 Å². The lowest BCUT2D eigenvalue weighted by molar-refractivity contribution is 0.112. The number of hydrogen-bond acceptors (Lipinski definition) is 4. The highest BCUT2D eigenvalue weighted by atomic mass is 16.5. The van der Waals surface area contributed by atoms with E-state index in [-0.39, 0.29) is 6.54 Å². The zero-order valence-corrected chi connectivity index (χ0v) is 9.83. The molecular formula is C13H11N3O2. The largest absolute Gasteiger partial charge is 0.496 e. The minimum atomic E-state index is 0.190. The molecule has 0 radical (unpaired) electrons. The summed E-state index contributed by atoms with van der Waals surface area (Å²) in [5, 5.41) is 12.7. The molecule has 1 aromatic carbocycles. The molecule has 0 saturated heterocycles. The summed E-state index contributed by atoms with van der Waals surface area (Å²) in [6, 6.07) is 7.17. The van der Waals surface area contributed by atoms with E-state index in [0.29, 0.717) is 11.3 Å². The molecule has 5 heteroatoms. The van der Waals surface area contributed by atoms with Crippen LogP contribution in [0.4, 0.5) is 0 Å². The number of aromatic nitrogens is 2. The molecule has 0 aliphatic carbocycles. The number of carbonyl (C=O) groups is 1. The van der Waals surface area contributed by atoms with Crippen LogP contribution in [0.2, 0.25) is 0 Å². The Balaban J connectivity index is 2.47.